The van der Waals surface area contributed by atoms with Gasteiger partial charge in [0.15, 0.2) is 0 Å². The Morgan fingerprint density at radius 2 is 1.64 bits per heavy atom. The Bertz CT molecular complexity index is 905. The minimum atomic E-state index is -1.00. The summed E-state index contributed by atoms with van der Waals surface area (Å²) >= 11 is 0. The Morgan fingerprint density at radius 1 is 0.944 bits per heavy atom. The zero-order chi connectivity index (χ0) is 26.8. The van der Waals surface area contributed by atoms with Gasteiger partial charge in [0.05, 0.1) is 6.42 Å². The van der Waals surface area contributed by atoms with Crippen molar-refractivity contribution in [3.63, 3.8) is 0 Å². The van der Waals surface area contributed by atoms with E-state index in [1.165, 1.54) is 27.7 Å². The van der Waals surface area contributed by atoms with E-state index in [0.29, 0.717) is 12.2 Å². The third-order valence-electron chi connectivity index (χ3n) is 5.59. The van der Waals surface area contributed by atoms with E-state index in [9.17, 15) is 24.0 Å². The average Bonchev–Trinajstić information content (AvgIpc) is 2.81. The van der Waals surface area contributed by atoms with Crippen LogP contribution in [0.3, 0.4) is 0 Å². The lowest BCUT2D eigenvalue weighted by molar-refractivity contribution is -0.153. The summed E-state index contributed by atoms with van der Waals surface area (Å²) in [7, 11) is 2.95. The summed E-state index contributed by atoms with van der Waals surface area (Å²) in [4.78, 5) is 65.2. The van der Waals surface area contributed by atoms with E-state index in [0.717, 1.165) is 0 Å². The maximum absolute atomic E-state index is 13.2. The van der Waals surface area contributed by atoms with Gasteiger partial charge in [0, 0.05) is 11.5 Å². The van der Waals surface area contributed by atoms with E-state index in [4.69, 9.17) is 4.74 Å². The van der Waals surface area contributed by atoms with Crippen LogP contribution in [0.5, 0.6) is 0 Å². The smallest absolute Gasteiger partial charge is 0.329 e. The molecule has 0 aromatic carbocycles. The van der Waals surface area contributed by atoms with Gasteiger partial charge in [0.2, 0.25) is 17.7 Å². The normalized spacial score (nSPS) is 28.8. The van der Waals surface area contributed by atoms with Crippen molar-refractivity contribution < 1.29 is 28.7 Å². The molecule has 1 fully saturated rings. The molecule has 0 spiro atoms. The Morgan fingerprint density at radius 3 is 2.28 bits per heavy atom. The molecule has 12 heteroatoms. The molecule has 2 heterocycles. The Hall–Kier alpha value is -2.47. The van der Waals surface area contributed by atoms with Crippen LogP contribution in [0.25, 0.3) is 0 Å². The molecule has 10 nitrogen and oxygen atoms in total. The molecule has 0 aromatic rings. The second kappa shape index (κ2) is 14.3. The number of ether oxygens (including phenoxy) is 1. The van der Waals surface area contributed by atoms with Gasteiger partial charge < -0.3 is 26.0 Å². The topological polar surface area (TPSA) is 143 Å². The molecule has 36 heavy (non-hydrogen) atoms. The fourth-order valence-corrected chi connectivity index (χ4v) is 5.66. The highest BCUT2D eigenvalue weighted by Crippen LogP contribution is 2.24. The van der Waals surface area contributed by atoms with Crippen molar-refractivity contribution >= 4 is 51.2 Å². The molecule has 4 amide bonds. The fourth-order valence-electron chi connectivity index (χ4n) is 3.50. The van der Waals surface area contributed by atoms with E-state index >= 15 is 0 Å². The quantitative estimate of drug-likeness (QED) is 0.178. The lowest BCUT2D eigenvalue weighted by atomic mass is 10.0. The van der Waals surface area contributed by atoms with Crippen LogP contribution in [0.1, 0.15) is 47.5 Å². The molecule has 200 valence electrons. The summed E-state index contributed by atoms with van der Waals surface area (Å²) in [6, 6.07) is -2.86. The Balaban J connectivity index is 2.55. The van der Waals surface area contributed by atoms with Gasteiger partial charge in [-0.25, -0.2) is 4.79 Å². The number of rotatable bonds is 2. The van der Waals surface area contributed by atoms with Gasteiger partial charge in [-0.1, -0.05) is 61.4 Å². The molecule has 2 rings (SSSR count). The predicted octanol–water partition coefficient (Wildman–Crippen LogP) is 1.43. The average molecular weight is 541 g/mol. The molecule has 2 aliphatic heterocycles. The predicted molar refractivity (Wildman–Crippen MR) is 141 cm³/mol. The van der Waals surface area contributed by atoms with Crippen LogP contribution in [0.15, 0.2) is 23.9 Å². The number of carbonyl (C=O) groups excluding carboxylic acids is 5. The maximum Gasteiger partial charge on any atom is 0.329 e. The SMILES string of the molecule is C/C=C1/NC(=O)[C@H]2CSSCCC=C[C@H](CC(=O)N[C@H](C(C)C)C(=O)N2)OC(=O)[C@H](C(C)C)NC1=O. The van der Waals surface area contributed by atoms with E-state index in [1.807, 2.05) is 6.08 Å². The van der Waals surface area contributed by atoms with Crippen LogP contribution in [-0.2, 0) is 28.7 Å². The van der Waals surface area contributed by atoms with Gasteiger partial charge in [-0.15, -0.1) is 0 Å². The summed E-state index contributed by atoms with van der Waals surface area (Å²) in [6.07, 6.45) is 4.51. The first-order valence-corrected chi connectivity index (χ1v) is 14.5. The molecule has 4 atom stereocenters. The number of hydrogen-bond donors (Lipinski definition) is 4. The molecule has 0 radical (unpaired) electrons. The first kappa shape index (κ1) is 29.8. The molecule has 0 saturated carbocycles. The molecular formula is C24H36N4O6S2. The van der Waals surface area contributed by atoms with E-state index < -0.39 is 53.8 Å². The summed E-state index contributed by atoms with van der Waals surface area (Å²) in [5, 5.41) is 10.7. The van der Waals surface area contributed by atoms with Crippen molar-refractivity contribution in [1.29, 1.82) is 0 Å². The van der Waals surface area contributed by atoms with Gasteiger partial charge in [-0.2, -0.15) is 0 Å². The van der Waals surface area contributed by atoms with Gasteiger partial charge in [-0.05, 0) is 31.3 Å². The first-order valence-electron chi connectivity index (χ1n) is 12.0. The molecule has 1 saturated heterocycles. The number of carbonyl (C=O) groups is 5. The first-order chi connectivity index (χ1) is 17.0. The van der Waals surface area contributed by atoms with Crippen LogP contribution in [0, 0.1) is 11.8 Å². The third kappa shape index (κ3) is 8.88. The number of esters is 1. The molecule has 2 aliphatic rings. The molecule has 0 aliphatic carbocycles. The summed E-state index contributed by atoms with van der Waals surface area (Å²) in [5.41, 5.74) is -0.0445. The lowest BCUT2D eigenvalue weighted by Crippen LogP contribution is -2.57. The minimum absolute atomic E-state index is 0.0445. The van der Waals surface area contributed by atoms with Crippen LogP contribution in [0.4, 0.5) is 0 Å². The number of allylic oxidation sites excluding steroid dienone is 2. The largest absolute Gasteiger partial charge is 0.456 e. The lowest BCUT2D eigenvalue weighted by Gasteiger charge is -2.27. The van der Waals surface area contributed by atoms with E-state index in [-0.39, 0.29) is 29.7 Å². The van der Waals surface area contributed by atoms with E-state index in [2.05, 4.69) is 21.3 Å². The van der Waals surface area contributed by atoms with Crippen LogP contribution < -0.4 is 21.3 Å². The zero-order valence-electron chi connectivity index (χ0n) is 21.3. The summed E-state index contributed by atoms with van der Waals surface area (Å²) in [5.74, 6) is -2.54. The zero-order valence-corrected chi connectivity index (χ0v) is 22.9. The standard InChI is InChI=1S/C24H36N4O6S2/c1-6-16-21(30)28-20(14(4)5)24(33)34-15-9-7-8-10-35-36-12-17(22(31)25-16)26-23(32)19(13(2)3)27-18(29)11-15/h6-7,9,13-15,17,19-20H,8,10-12H2,1-5H3,(H,25,31)(H,26,32)(H,27,29)(H,28,30)/b9-7?,16-6+/t15-,17-,19-,20+/m1/s1. The van der Waals surface area contributed by atoms with Crippen molar-refractivity contribution in [2.24, 2.45) is 11.8 Å². The molecular weight excluding hydrogens is 504 g/mol. The van der Waals surface area contributed by atoms with Gasteiger partial charge in [0.1, 0.15) is 29.9 Å². The summed E-state index contributed by atoms with van der Waals surface area (Å²) < 4.78 is 5.65. The molecule has 2 bridgehead atoms. The van der Waals surface area contributed by atoms with Crippen molar-refractivity contribution in [3.8, 4) is 0 Å². The highest BCUT2D eigenvalue weighted by Gasteiger charge is 2.33. The van der Waals surface area contributed by atoms with Crippen molar-refractivity contribution in [1.82, 2.24) is 21.3 Å². The minimum Gasteiger partial charge on any atom is -0.456 e. The van der Waals surface area contributed by atoms with Crippen molar-refractivity contribution in [3.05, 3.63) is 23.9 Å². The Kier molecular flexibility index (Phi) is 11.8. The number of hydrogen-bond acceptors (Lipinski definition) is 8. The highest BCUT2D eigenvalue weighted by atomic mass is 33.1. The molecule has 4 N–H and O–H groups in total. The third-order valence-corrected chi connectivity index (χ3v) is 8.03. The van der Waals surface area contributed by atoms with Crippen LogP contribution >= 0.6 is 21.6 Å². The van der Waals surface area contributed by atoms with Crippen molar-refractivity contribution in [2.45, 2.75) is 71.7 Å². The second-order valence-corrected chi connectivity index (χ2v) is 11.9. The van der Waals surface area contributed by atoms with Gasteiger partial charge in [-0.3, -0.25) is 19.2 Å². The van der Waals surface area contributed by atoms with Crippen LogP contribution in [0.2, 0.25) is 0 Å². The van der Waals surface area contributed by atoms with Gasteiger partial charge in [0.25, 0.3) is 5.91 Å². The number of nitrogens with one attached hydrogen (secondary N) is 4. The van der Waals surface area contributed by atoms with Crippen molar-refractivity contribution in [2.75, 3.05) is 11.5 Å². The second-order valence-electron chi connectivity index (χ2n) is 9.24. The van der Waals surface area contributed by atoms with Gasteiger partial charge >= 0.3 is 5.97 Å². The highest BCUT2D eigenvalue weighted by molar-refractivity contribution is 8.76. The Labute approximate surface area is 220 Å². The summed E-state index contributed by atoms with van der Waals surface area (Å²) in [6.45, 7) is 8.66. The molecule has 0 aromatic heterocycles. The van der Waals surface area contributed by atoms with E-state index in [1.54, 1.807) is 40.7 Å². The number of fused-ring (bicyclic) bond motifs is 7. The monoisotopic (exact) mass is 540 g/mol. The molecule has 0 unspecified atom stereocenters. The maximum atomic E-state index is 13.2. The number of amides is 4. The fraction of sp³-hybridized carbons (Fsp3) is 0.625. The van der Waals surface area contributed by atoms with Crippen LogP contribution in [-0.4, -0.2) is 65.3 Å².